The van der Waals surface area contributed by atoms with Gasteiger partial charge in [-0.15, -0.1) is 0 Å². The third kappa shape index (κ3) is 1.29. The fraction of sp³-hybridized carbons (Fsp3) is 1.00. The van der Waals surface area contributed by atoms with Gasteiger partial charge in [0.1, 0.15) is 12.2 Å². The normalized spacial score (nSPS) is 55.4. The van der Waals surface area contributed by atoms with Gasteiger partial charge in [-0.25, -0.2) is 0 Å². The van der Waals surface area contributed by atoms with Crippen molar-refractivity contribution >= 4 is 0 Å². The molecule has 0 aromatic carbocycles. The highest BCUT2D eigenvalue weighted by atomic mass is 16.8. The summed E-state index contributed by atoms with van der Waals surface area (Å²) in [5.74, 6) is -0.820. The minimum atomic E-state index is -0.820. The van der Waals surface area contributed by atoms with Crippen LogP contribution in [0.15, 0.2) is 0 Å². The second kappa shape index (κ2) is 2.92. The molecule has 0 radical (unpaired) electrons. The molecule has 2 heterocycles. The SMILES string of the molecule is CO[C@H]1C[C@@H](O)[C@@]2(C)O[C@@H]1[C@@H](C)O2. The Morgan fingerprint density at radius 3 is 2.77 bits per heavy atom. The van der Waals surface area contributed by atoms with Crippen LogP contribution in [0.1, 0.15) is 20.3 Å². The quantitative estimate of drug-likeness (QED) is 0.642. The van der Waals surface area contributed by atoms with E-state index in [0.717, 1.165) is 0 Å². The van der Waals surface area contributed by atoms with E-state index >= 15 is 0 Å². The van der Waals surface area contributed by atoms with Gasteiger partial charge in [-0.1, -0.05) is 0 Å². The lowest BCUT2D eigenvalue weighted by atomic mass is 9.97. The minimum absolute atomic E-state index is 0.00731. The summed E-state index contributed by atoms with van der Waals surface area (Å²) in [6.07, 6.45) is -0.119. The average Bonchev–Trinajstić information content (AvgIpc) is 2.34. The summed E-state index contributed by atoms with van der Waals surface area (Å²) < 4.78 is 16.4. The monoisotopic (exact) mass is 188 g/mol. The Hall–Kier alpha value is -0.160. The van der Waals surface area contributed by atoms with Crippen molar-refractivity contribution in [1.82, 2.24) is 0 Å². The topological polar surface area (TPSA) is 47.9 Å². The van der Waals surface area contributed by atoms with Gasteiger partial charge in [-0.3, -0.25) is 0 Å². The van der Waals surface area contributed by atoms with E-state index in [9.17, 15) is 5.11 Å². The molecule has 2 rings (SSSR count). The Morgan fingerprint density at radius 2 is 2.15 bits per heavy atom. The van der Waals surface area contributed by atoms with E-state index in [2.05, 4.69) is 0 Å². The molecule has 0 unspecified atom stereocenters. The highest BCUT2D eigenvalue weighted by molar-refractivity contribution is 4.97. The second-order valence-corrected chi connectivity index (χ2v) is 3.95. The first-order valence-corrected chi connectivity index (χ1v) is 4.63. The first kappa shape index (κ1) is 9.40. The predicted octanol–water partition coefficient (Wildman–Crippen LogP) is 0.286. The van der Waals surface area contributed by atoms with Gasteiger partial charge < -0.3 is 19.3 Å². The van der Waals surface area contributed by atoms with E-state index in [1.165, 1.54) is 0 Å². The molecule has 4 nitrogen and oxygen atoms in total. The van der Waals surface area contributed by atoms with Crippen molar-refractivity contribution in [3.8, 4) is 0 Å². The van der Waals surface area contributed by atoms with Gasteiger partial charge in [0, 0.05) is 13.5 Å². The number of methoxy groups -OCH3 is 1. The van der Waals surface area contributed by atoms with Crippen LogP contribution in [0.5, 0.6) is 0 Å². The summed E-state index contributed by atoms with van der Waals surface area (Å²) in [7, 11) is 1.63. The molecule has 0 saturated carbocycles. The number of aliphatic hydroxyl groups excluding tert-OH is 1. The molecule has 0 aromatic heterocycles. The summed E-state index contributed by atoms with van der Waals surface area (Å²) >= 11 is 0. The molecule has 2 bridgehead atoms. The number of hydrogen-bond acceptors (Lipinski definition) is 4. The maximum atomic E-state index is 9.74. The van der Waals surface area contributed by atoms with Crippen LogP contribution in [-0.2, 0) is 14.2 Å². The van der Waals surface area contributed by atoms with E-state index in [1.54, 1.807) is 14.0 Å². The smallest absolute Gasteiger partial charge is 0.192 e. The molecule has 0 aromatic rings. The van der Waals surface area contributed by atoms with Crippen LogP contribution in [0.3, 0.4) is 0 Å². The largest absolute Gasteiger partial charge is 0.387 e. The van der Waals surface area contributed by atoms with Crippen LogP contribution in [0.4, 0.5) is 0 Å². The van der Waals surface area contributed by atoms with Crippen molar-refractivity contribution in [3.63, 3.8) is 0 Å². The highest BCUT2D eigenvalue weighted by Crippen LogP contribution is 2.40. The fourth-order valence-electron chi connectivity index (χ4n) is 2.16. The van der Waals surface area contributed by atoms with Gasteiger partial charge in [0.2, 0.25) is 0 Å². The van der Waals surface area contributed by atoms with Gasteiger partial charge in [0.25, 0.3) is 0 Å². The lowest BCUT2D eigenvalue weighted by Crippen LogP contribution is -2.50. The predicted molar refractivity (Wildman–Crippen MR) is 45.2 cm³/mol. The van der Waals surface area contributed by atoms with E-state index in [0.29, 0.717) is 6.42 Å². The van der Waals surface area contributed by atoms with Crippen molar-refractivity contribution in [1.29, 1.82) is 0 Å². The van der Waals surface area contributed by atoms with E-state index in [4.69, 9.17) is 14.2 Å². The Kier molecular flexibility index (Phi) is 2.11. The Labute approximate surface area is 77.8 Å². The van der Waals surface area contributed by atoms with Gasteiger partial charge in [0.15, 0.2) is 5.79 Å². The first-order chi connectivity index (χ1) is 6.07. The minimum Gasteiger partial charge on any atom is -0.387 e. The van der Waals surface area contributed by atoms with Crippen molar-refractivity contribution in [2.24, 2.45) is 0 Å². The van der Waals surface area contributed by atoms with Gasteiger partial charge >= 0.3 is 0 Å². The third-order valence-electron chi connectivity index (χ3n) is 2.98. The number of rotatable bonds is 1. The first-order valence-electron chi connectivity index (χ1n) is 4.63. The number of ether oxygens (including phenoxy) is 3. The fourth-order valence-corrected chi connectivity index (χ4v) is 2.16. The Bertz CT molecular complexity index is 208. The molecular formula is C9H16O4. The molecule has 0 amide bonds. The van der Waals surface area contributed by atoms with Crippen LogP contribution < -0.4 is 0 Å². The average molecular weight is 188 g/mol. The summed E-state index contributed by atoms with van der Waals surface area (Å²) in [5, 5.41) is 9.74. The zero-order valence-electron chi connectivity index (χ0n) is 8.19. The zero-order valence-corrected chi connectivity index (χ0v) is 8.19. The molecule has 0 spiro atoms. The molecule has 4 heteroatoms. The van der Waals surface area contributed by atoms with Crippen molar-refractivity contribution in [2.45, 2.75) is 50.5 Å². The lowest BCUT2D eigenvalue weighted by Gasteiger charge is -2.36. The van der Waals surface area contributed by atoms with Crippen LogP contribution in [0.2, 0.25) is 0 Å². The van der Waals surface area contributed by atoms with Crippen LogP contribution in [0, 0.1) is 0 Å². The summed E-state index contributed by atoms with van der Waals surface area (Å²) in [4.78, 5) is 0. The molecule has 13 heavy (non-hydrogen) atoms. The molecule has 5 atom stereocenters. The summed E-state index contributed by atoms with van der Waals surface area (Å²) in [5.41, 5.74) is 0. The highest BCUT2D eigenvalue weighted by Gasteiger charge is 2.55. The molecule has 2 fully saturated rings. The van der Waals surface area contributed by atoms with Gasteiger partial charge in [-0.05, 0) is 13.8 Å². The molecular weight excluding hydrogens is 172 g/mol. The molecule has 2 aliphatic heterocycles. The van der Waals surface area contributed by atoms with Crippen LogP contribution >= 0.6 is 0 Å². The standard InChI is InChI=1S/C9H16O4/c1-5-8-6(11-3)4-7(10)9(2,12-5)13-8/h5-8,10H,4H2,1-3H3/t5-,6+,7-,8-,9-/m1/s1. The van der Waals surface area contributed by atoms with E-state index < -0.39 is 11.9 Å². The third-order valence-corrected chi connectivity index (χ3v) is 2.98. The Morgan fingerprint density at radius 1 is 1.46 bits per heavy atom. The van der Waals surface area contributed by atoms with Crippen LogP contribution in [0.25, 0.3) is 0 Å². The lowest BCUT2D eigenvalue weighted by molar-refractivity contribution is -0.255. The van der Waals surface area contributed by atoms with Crippen molar-refractivity contribution < 1.29 is 19.3 Å². The summed E-state index contributed by atoms with van der Waals surface area (Å²) in [6.45, 7) is 3.72. The van der Waals surface area contributed by atoms with E-state index in [1.807, 2.05) is 6.92 Å². The molecule has 0 aliphatic carbocycles. The molecule has 1 N–H and O–H groups in total. The van der Waals surface area contributed by atoms with Gasteiger partial charge in [0.05, 0.1) is 12.2 Å². The van der Waals surface area contributed by atoms with Crippen molar-refractivity contribution in [3.05, 3.63) is 0 Å². The molecule has 2 saturated heterocycles. The Balaban J connectivity index is 2.20. The maximum Gasteiger partial charge on any atom is 0.192 e. The number of fused-ring (bicyclic) bond motifs is 2. The van der Waals surface area contributed by atoms with Gasteiger partial charge in [-0.2, -0.15) is 0 Å². The maximum absolute atomic E-state index is 9.74. The number of aliphatic hydroxyl groups is 1. The number of hydrogen-bond donors (Lipinski definition) is 1. The molecule has 76 valence electrons. The second-order valence-electron chi connectivity index (χ2n) is 3.95. The summed E-state index contributed by atoms with van der Waals surface area (Å²) in [6, 6.07) is 0. The zero-order chi connectivity index (χ0) is 9.64. The van der Waals surface area contributed by atoms with E-state index in [-0.39, 0.29) is 18.3 Å². The molecule has 2 aliphatic rings. The van der Waals surface area contributed by atoms with Crippen LogP contribution in [-0.4, -0.2) is 42.4 Å². The van der Waals surface area contributed by atoms with Crippen molar-refractivity contribution in [2.75, 3.05) is 7.11 Å².